The minimum Gasteiger partial charge on any atom is -0.462 e. The van der Waals surface area contributed by atoms with Gasteiger partial charge in [0, 0.05) is 17.1 Å². The van der Waals surface area contributed by atoms with Gasteiger partial charge < -0.3 is 10.1 Å². The Morgan fingerprint density at radius 3 is 2.61 bits per heavy atom. The van der Waals surface area contributed by atoms with Gasteiger partial charge in [-0.15, -0.1) is 0 Å². The summed E-state index contributed by atoms with van der Waals surface area (Å²) in [7, 11) is 0. The molecule has 0 aliphatic carbocycles. The summed E-state index contributed by atoms with van der Waals surface area (Å²) < 4.78 is 6.83. The van der Waals surface area contributed by atoms with Crippen LogP contribution in [0.15, 0.2) is 36.8 Å². The maximum atomic E-state index is 12.6. The van der Waals surface area contributed by atoms with Crippen LogP contribution < -0.4 is 5.32 Å². The van der Waals surface area contributed by atoms with Gasteiger partial charge in [0.25, 0.3) is 0 Å². The molecule has 0 fully saturated rings. The van der Waals surface area contributed by atoms with E-state index in [1.54, 1.807) is 17.7 Å². The molecule has 158 valence electrons. The van der Waals surface area contributed by atoms with Gasteiger partial charge in [-0.05, 0) is 57.9 Å². The second kappa shape index (κ2) is 8.14. The van der Waals surface area contributed by atoms with Crippen molar-refractivity contribution in [3.05, 3.63) is 64.7 Å². The van der Waals surface area contributed by atoms with Crippen LogP contribution in [-0.4, -0.2) is 37.3 Å². The van der Waals surface area contributed by atoms with Gasteiger partial charge in [0.1, 0.15) is 17.7 Å². The number of rotatable bonds is 5. The van der Waals surface area contributed by atoms with Crippen molar-refractivity contribution < 1.29 is 9.53 Å². The van der Waals surface area contributed by atoms with E-state index in [0.29, 0.717) is 23.0 Å². The van der Waals surface area contributed by atoms with Gasteiger partial charge in [-0.25, -0.2) is 19.7 Å². The summed E-state index contributed by atoms with van der Waals surface area (Å²) in [6.07, 6.45) is 2.95. The summed E-state index contributed by atoms with van der Waals surface area (Å²) in [5.41, 5.74) is 5.35. The Morgan fingerprint density at radius 2 is 1.87 bits per heavy atom. The summed E-state index contributed by atoms with van der Waals surface area (Å²) >= 11 is 0. The van der Waals surface area contributed by atoms with Gasteiger partial charge in [0.05, 0.1) is 18.3 Å². The van der Waals surface area contributed by atoms with Crippen molar-refractivity contribution in [1.82, 2.24) is 24.7 Å². The topological polar surface area (TPSA) is 94.8 Å². The molecule has 1 N–H and O–H groups in total. The molecule has 0 aliphatic rings. The van der Waals surface area contributed by atoms with E-state index in [0.717, 1.165) is 27.7 Å². The fourth-order valence-corrected chi connectivity index (χ4v) is 3.58. The summed E-state index contributed by atoms with van der Waals surface area (Å²) in [5.74, 6) is 1.11. The number of fused-ring (bicyclic) bond motifs is 1. The lowest BCUT2D eigenvalue weighted by molar-refractivity contribution is 0.0527. The van der Waals surface area contributed by atoms with Crippen LogP contribution in [0.1, 0.15) is 39.7 Å². The highest BCUT2D eigenvalue weighted by molar-refractivity contribution is 5.95. The number of nitrogens with one attached hydrogen (secondary N) is 1. The van der Waals surface area contributed by atoms with Crippen LogP contribution >= 0.6 is 0 Å². The average molecular weight is 416 g/mol. The standard InChI is InChI=1S/C23H24N6O2/c1-6-31-23(30)18-11-26-29(22(18)27-19-10-16(5)24-12-25-19)20-9-14(3)17-8-13(2)7-15(4)21(17)28-20/h7-12H,6H2,1-5H3,(H,24,25,27). The van der Waals surface area contributed by atoms with Gasteiger partial charge in [0.2, 0.25) is 0 Å². The SMILES string of the molecule is CCOC(=O)c1cnn(-c2cc(C)c3cc(C)cc(C)c3n2)c1Nc1cc(C)ncn1. The van der Waals surface area contributed by atoms with E-state index in [2.05, 4.69) is 39.4 Å². The largest absolute Gasteiger partial charge is 0.462 e. The van der Waals surface area contributed by atoms with Crippen molar-refractivity contribution in [1.29, 1.82) is 0 Å². The number of carbonyl (C=O) groups excluding carboxylic acids is 1. The zero-order chi connectivity index (χ0) is 22.1. The maximum Gasteiger partial charge on any atom is 0.343 e. The third kappa shape index (κ3) is 3.96. The lowest BCUT2D eigenvalue weighted by atomic mass is 10.0. The Hall–Kier alpha value is -3.81. The van der Waals surface area contributed by atoms with Gasteiger partial charge in [-0.2, -0.15) is 9.78 Å². The molecule has 31 heavy (non-hydrogen) atoms. The quantitative estimate of drug-likeness (QED) is 0.483. The fourth-order valence-electron chi connectivity index (χ4n) is 3.58. The van der Waals surface area contributed by atoms with Crippen LogP contribution in [-0.2, 0) is 4.74 Å². The molecule has 3 heterocycles. The maximum absolute atomic E-state index is 12.6. The van der Waals surface area contributed by atoms with Crippen molar-refractivity contribution in [3.63, 3.8) is 0 Å². The Morgan fingerprint density at radius 1 is 1.06 bits per heavy atom. The normalized spacial score (nSPS) is 11.0. The number of nitrogens with zero attached hydrogens (tertiary/aromatic N) is 5. The smallest absolute Gasteiger partial charge is 0.343 e. The highest BCUT2D eigenvalue weighted by Crippen LogP contribution is 2.28. The summed E-state index contributed by atoms with van der Waals surface area (Å²) in [4.78, 5) is 25.8. The molecule has 0 amide bonds. The molecule has 1 aromatic carbocycles. The van der Waals surface area contributed by atoms with E-state index in [4.69, 9.17) is 9.72 Å². The Balaban J connectivity index is 1.89. The van der Waals surface area contributed by atoms with Gasteiger partial charge in [-0.1, -0.05) is 11.6 Å². The first-order valence-electron chi connectivity index (χ1n) is 10.1. The Labute approximate surface area is 180 Å². The van der Waals surface area contributed by atoms with Gasteiger partial charge >= 0.3 is 5.97 Å². The van der Waals surface area contributed by atoms with Crippen LogP contribution in [0.2, 0.25) is 0 Å². The van der Waals surface area contributed by atoms with Crippen molar-refractivity contribution >= 4 is 28.5 Å². The number of anilines is 2. The molecule has 0 atom stereocenters. The van der Waals surface area contributed by atoms with Crippen LogP contribution in [0.4, 0.5) is 11.6 Å². The van der Waals surface area contributed by atoms with E-state index < -0.39 is 5.97 Å². The molecular formula is C23H24N6O2. The number of esters is 1. The third-order valence-corrected chi connectivity index (χ3v) is 4.97. The van der Waals surface area contributed by atoms with Gasteiger partial charge in [-0.3, -0.25) is 0 Å². The zero-order valence-electron chi connectivity index (χ0n) is 18.2. The first kappa shape index (κ1) is 20.5. The lowest BCUT2D eigenvalue weighted by Gasteiger charge is -2.13. The molecule has 0 saturated heterocycles. The summed E-state index contributed by atoms with van der Waals surface area (Å²) in [6.45, 7) is 10.1. The number of pyridine rings is 1. The molecule has 8 nitrogen and oxygen atoms in total. The molecule has 4 aromatic rings. The number of carbonyl (C=O) groups is 1. The highest BCUT2D eigenvalue weighted by Gasteiger charge is 2.22. The minimum atomic E-state index is -0.466. The van der Waals surface area contributed by atoms with Crippen molar-refractivity contribution in [2.75, 3.05) is 11.9 Å². The minimum absolute atomic E-state index is 0.266. The Bertz CT molecular complexity index is 1290. The molecule has 3 aromatic heterocycles. The number of ether oxygens (including phenoxy) is 1. The molecule has 0 saturated carbocycles. The molecule has 0 radical (unpaired) electrons. The molecule has 0 aliphatic heterocycles. The highest BCUT2D eigenvalue weighted by atomic mass is 16.5. The third-order valence-electron chi connectivity index (χ3n) is 4.97. The summed E-state index contributed by atoms with van der Waals surface area (Å²) in [6, 6.07) is 7.98. The number of aromatic nitrogens is 5. The second-order valence-electron chi connectivity index (χ2n) is 7.48. The average Bonchev–Trinajstić information content (AvgIpc) is 3.12. The number of hydrogen-bond donors (Lipinski definition) is 1. The number of benzene rings is 1. The molecule has 4 rings (SSSR count). The number of hydrogen-bond acceptors (Lipinski definition) is 7. The first-order chi connectivity index (χ1) is 14.9. The molecule has 0 unspecified atom stereocenters. The molecule has 8 heteroatoms. The molecular weight excluding hydrogens is 392 g/mol. The molecule has 0 spiro atoms. The van der Waals surface area contributed by atoms with Crippen molar-refractivity contribution in [3.8, 4) is 5.82 Å². The zero-order valence-corrected chi connectivity index (χ0v) is 18.2. The van der Waals surface area contributed by atoms with E-state index in [-0.39, 0.29) is 6.61 Å². The predicted molar refractivity (Wildman–Crippen MR) is 119 cm³/mol. The van der Waals surface area contributed by atoms with E-state index in [1.165, 1.54) is 18.1 Å². The second-order valence-corrected chi connectivity index (χ2v) is 7.48. The monoisotopic (exact) mass is 416 g/mol. The van der Waals surface area contributed by atoms with Crippen LogP contribution in [0.25, 0.3) is 16.7 Å². The van der Waals surface area contributed by atoms with Crippen LogP contribution in [0.5, 0.6) is 0 Å². The number of aryl methyl sites for hydroxylation is 4. The van der Waals surface area contributed by atoms with Crippen molar-refractivity contribution in [2.24, 2.45) is 0 Å². The predicted octanol–water partition coefficient (Wildman–Crippen LogP) is 4.36. The van der Waals surface area contributed by atoms with E-state index in [1.807, 2.05) is 26.8 Å². The molecule has 0 bridgehead atoms. The fraction of sp³-hybridized carbons (Fsp3) is 0.261. The summed E-state index contributed by atoms with van der Waals surface area (Å²) in [5, 5.41) is 8.75. The van der Waals surface area contributed by atoms with E-state index >= 15 is 0 Å². The lowest BCUT2D eigenvalue weighted by Crippen LogP contribution is -2.11. The van der Waals surface area contributed by atoms with Crippen molar-refractivity contribution in [2.45, 2.75) is 34.6 Å². The van der Waals surface area contributed by atoms with E-state index in [9.17, 15) is 4.79 Å². The van der Waals surface area contributed by atoms with Crippen LogP contribution in [0, 0.1) is 27.7 Å². The van der Waals surface area contributed by atoms with Crippen LogP contribution in [0.3, 0.4) is 0 Å². The Kier molecular flexibility index (Phi) is 5.37. The first-order valence-corrected chi connectivity index (χ1v) is 10.1. The van der Waals surface area contributed by atoms with Gasteiger partial charge in [0.15, 0.2) is 11.6 Å².